The van der Waals surface area contributed by atoms with Gasteiger partial charge in [-0.05, 0) is 41.8 Å². The molecule has 0 radical (unpaired) electrons. The van der Waals surface area contributed by atoms with Crippen molar-refractivity contribution in [1.29, 1.82) is 0 Å². The molecule has 1 amide bonds. The van der Waals surface area contributed by atoms with Gasteiger partial charge in [0, 0.05) is 11.3 Å². The number of aryl methyl sites for hydroxylation is 1. The molecule has 0 aliphatic rings. The van der Waals surface area contributed by atoms with Gasteiger partial charge in [0.25, 0.3) is 5.91 Å². The molecule has 1 N–H and O–H groups in total. The van der Waals surface area contributed by atoms with Gasteiger partial charge in [0.15, 0.2) is 0 Å². The predicted octanol–water partition coefficient (Wildman–Crippen LogP) is 3.14. The lowest BCUT2D eigenvalue weighted by Crippen LogP contribution is -2.12. The Morgan fingerprint density at radius 2 is 1.96 bits per heavy atom. The van der Waals surface area contributed by atoms with Gasteiger partial charge in [0.05, 0.1) is 6.54 Å². The number of anilines is 1. The molecule has 0 aliphatic carbocycles. The molecular weight excluding hydrogens is 288 g/mol. The SMILES string of the molecule is CCc1cccc(C(=O)Nc2ccc(Cn3cncn3)cc2)c1. The molecule has 116 valence electrons. The quantitative estimate of drug-likeness (QED) is 0.788. The van der Waals surface area contributed by atoms with Crippen LogP contribution in [0.2, 0.25) is 0 Å². The van der Waals surface area contributed by atoms with E-state index in [0.717, 1.165) is 23.2 Å². The van der Waals surface area contributed by atoms with Crippen molar-refractivity contribution >= 4 is 11.6 Å². The second-order valence-electron chi connectivity index (χ2n) is 5.30. The Morgan fingerprint density at radius 3 is 2.65 bits per heavy atom. The normalized spacial score (nSPS) is 10.5. The van der Waals surface area contributed by atoms with E-state index < -0.39 is 0 Å². The zero-order chi connectivity index (χ0) is 16.1. The molecule has 0 saturated carbocycles. The van der Waals surface area contributed by atoms with Crippen molar-refractivity contribution < 1.29 is 4.79 Å². The number of benzene rings is 2. The smallest absolute Gasteiger partial charge is 0.255 e. The van der Waals surface area contributed by atoms with Crippen LogP contribution in [0, 0.1) is 0 Å². The number of carbonyl (C=O) groups is 1. The molecule has 2 aromatic carbocycles. The lowest BCUT2D eigenvalue weighted by atomic mass is 10.1. The number of aromatic nitrogens is 3. The minimum atomic E-state index is -0.0932. The van der Waals surface area contributed by atoms with Gasteiger partial charge >= 0.3 is 0 Å². The van der Waals surface area contributed by atoms with E-state index in [-0.39, 0.29) is 5.91 Å². The van der Waals surface area contributed by atoms with Crippen LogP contribution in [0.5, 0.6) is 0 Å². The molecule has 0 saturated heterocycles. The molecule has 0 atom stereocenters. The summed E-state index contributed by atoms with van der Waals surface area (Å²) in [5.74, 6) is -0.0932. The van der Waals surface area contributed by atoms with Crippen molar-refractivity contribution in [2.75, 3.05) is 5.32 Å². The standard InChI is InChI=1S/C18H18N4O/c1-2-14-4-3-5-16(10-14)18(23)21-17-8-6-15(7-9-17)11-22-13-19-12-20-22/h3-10,12-13H,2,11H2,1H3,(H,21,23). The Balaban J connectivity index is 1.66. The Morgan fingerprint density at radius 1 is 1.13 bits per heavy atom. The highest BCUT2D eigenvalue weighted by atomic mass is 16.1. The van der Waals surface area contributed by atoms with Crippen molar-refractivity contribution in [3.05, 3.63) is 77.9 Å². The van der Waals surface area contributed by atoms with Crippen LogP contribution in [0.15, 0.2) is 61.2 Å². The van der Waals surface area contributed by atoms with Crippen LogP contribution < -0.4 is 5.32 Å². The predicted molar refractivity (Wildman–Crippen MR) is 89.3 cm³/mol. The number of hydrogen-bond acceptors (Lipinski definition) is 3. The monoisotopic (exact) mass is 306 g/mol. The summed E-state index contributed by atoms with van der Waals surface area (Å²) in [4.78, 5) is 16.2. The summed E-state index contributed by atoms with van der Waals surface area (Å²) in [5.41, 5.74) is 3.71. The topological polar surface area (TPSA) is 59.8 Å². The molecule has 23 heavy (non-hydrogen) atoms. The molecule has 0 bridgehead atoms. The van der Waals surface area contributed by atoms with Gasteiger partial charge in [-0.1, -0.05) is 31.2 Å². The van der Waals surface area contributed by atoms with E-state index in [2.05, 4.69) is 22.3 Å². The molecule has 5 nitrogen and oxygen atoms in total. The average molecular weight is 306 g/mol. The summed E-state index contributed by atoms with van der Waals surface area (Å²) in [6, 6.07) is 15.4. The largest absolute Gasteiger partial charge is 0.322 e. The van der Waals surface area contributed by atoms with Gasteiger partial charge in [0.1, 0.15) is 12.7 Å². The highest BCUT2D eigenvalue weighted by molar-refractivity contribution is 6.04. The summed E-state index contributed by atoms with van der Waals surface area (Å²) < 4.78 is 1.75. The van der Waals surface area contributed by atoms with Crippen LogP contribution >= 0.6 is 0 Å². The zero-order valence-electron chi connectivity index (χ0n) is 12.9. The van der Waals surface area contributed by atoms with Crippen LogP contribution in [0.3, 0.4) is 0 Å². The second kappa shape index (κ2) is 6.87. The molecule has 0 unspecified atom stereocenters. The average Bonchev–Trinajstić information content (AvgIpc) is 3.09. The highest BCUT2D eigenvalue weighted by Crippen LogP contribution is 2.13. The molecule has 0 spiro atoms. The van der Waals surface area contributed by atoms with Gasteiger partial charge < -0.3 is 5.32 Å². The maximum Gasteiger partial charge on any atom is 0.255 e. The third-order valence-corrected chi connectivity index (χ3v) is 3.62. The van der Waals surface area contributed by atoms with E-state index in [1.54, 1.807) is 11.0 Å². The van der Waals surface area contributed by atoms with Crippen molar-refractivity contribution in [3.63, 3.8) is 0 Å². The van der Waals surface area contributed by atoms with Gasteiger partial charge in [-0.2, -0.15) is 5.10 Å². The first-order valence-electron chi connectivity index (χ1n) is 7.56. The lowest BCUT2D eigenvalue weighted by molar-refractivity contribution is 0.102. The fraction of sp³-hybridized carbons (Fsp3) is 0.167. The molecular formula is C18H18N4O. The second-order valence-corrected chi connectivity index (χ2v) is 5.30. The first-order valence-corrected chi connectivity index (χ1v) is 7.56. The lowest BCUT2D eigenvalue weighted by Gasteiger charge is -2.08. The summed E-state index contributed by atoms with van der Waals surface area (Å²) in [6.07, 6.45) is 4.10. The van der Waals surface area contributed by atoms with E-state index in [0.29, 0.717) is 12.1 Å². The van der Waals surface area contributed by atoms with Crippen LogP contribution in [0.1, 0.15) is 28.4 Å². The number of nitrogens with zero attached hydrogens (tertiary/aromatic N) is 3. The first-order chi connectivity index (χ1) is 11.2. The Kier molecular flexibility index (Phi) is 4.47. The molecule has 3 rings (SSSR count). The van der Waals surface area contributed by atoms with Gasteiger partial charge in [0.2, 0.25) is 0 Å². The Labute approximate surface area is 135 Å². The third-order valence-electron chi connectivity index (χ3n) is 3.62. The number of rotatable bonds is 5. The number of carbonyl (C=O) groups excluding carboxylic acids is 1. The molecule has 1 heterocycles. The molecule has 0 aliphatic heterocycles. The Hall–Kier alpha value is -2.95. The summed E-state index contributed by atoms with van der Waals surface area (Å²) in [6.45, 7) is 2.73. The van der Waals surface area contributed by atoms with E-state index in [9.17, 15) is 4.79 Å². The van der Waals surface area contributed by atoms with Crippen LogP contribution in [0.25, 0.3) is 0 Å². The first kappa shape index (κ1) is 15.0. The van der Waals surface area contributed by atoms with Crippen LogP contribution in [0.4, 0.5) is 5.69 Å². The summed E-state index contributed by atoms with van der Waals surface area (Å²) in [7, 11) is 0. The highest BCUT2D eigenvalue weighted by Gasteiger charge is 2.06. The van der Waals surface area contributed by atoms with Gasteiger partial charge in [-0.3, -0.25) is 4.79 Å². The minimum absolute atomic E-state index is 0.0932. The van der Waals surface area contributed by atoms with Crippen molar-refractivity contribution in [1.82, 2.24) is 14.8 Å². The van der Waals surface area contributed by atoms with E-state index in [1.165, 1.54) is 6.33 Å². The molecule has 1 aromatic heterocycles. The third kappa shape index (κ3) is 3.83. The molecule has 3 aromatic rings. The van der Waals surface area contributed by atoms with E-state index >= 15 is 0 Å². The van der Waals surface area contributed by atoms with Gasteiger partial charge in [-0.15, -0.1) is 0 Å². The maximum absolute atomic E-state index is 12.3. The number of nitrogens with one attached hydrogen (secondary N) is 1. The van der Waals surface area contributed by atoms with E-state index in [1.807, 2.05) is 48.5 Å². The minimum Gasteiger partial charge on any atom is -0.322 e. The number of hydrogen-bond donors (Lipinski definition) is 1. The molecule has 5 heteroatoms. The van der Waals surface area contributed by atoms with Crippen LogP contribution in [-0.4, -0.2) is 20.7 Å². The maximum atomic E-state index is 12.3. The van der Waals surface area contributed by atoms with Crippen molar-refractivity contribution in [2.45, 2.75) is 19.9 Å². The molecule has 0 fully saturated rings. The van der Waals surface area contributed by atoms with Crippen LogP contribution in [-0.2, 0) is 13.0 Å². The summed E-state index contributed by atoms with van der Waals surface area (Å²) >= 11 is 0. The fourth-order valence-corrected chi connectivity index (χ4v) is 2.33. The Bertz CT molecular complexity index is 779. The van der Waals surface area contributed by atoms with E-state index in [4.69, 9.17) is 0 Å². The summed E-state index contributed by atoms with van der Waals surface area (Å²) in [5, 5.41) is 7.00. The van der Waals surface area contributed by atoms with Gasteiger partial charge in [-0.25, -0.2) is 9.67 Å². The fourth-order valence-electron chi connectivity index (χ4n) is 2.33. The zero-order valence-corrected chi connectivity index (χ0v) is 12.9. The number of amides is 1. The van der Waals surface area contributed by atoms with Crippen molar-refractivity contribution in [3.8, 4) is 0 Å². The van der Waals surface area contributed by atoms with Crippen molar-refractivity contribution in [2.24, 2.45) is 0 Å².